The second-order valence-corrected chi connectivity index (χ2v) is 3.18. The van der Waals surface area contributed by atoms with Gasteiger partial charge < -0.3 is 4.74 Å². The molecule has 0 amide bonds. The molecule has 0 aliphatic carbocycles. The summed E-state index contributed by atoms with van der Waals surface area (Å²) >= 11 is 0. The molecule has 2 heteroatoms. The van der Waals surface area contributed by atoms with Gasteiger partial charge >= 0.3 is 0 Å². The van der Waals surface area contributed by atoms with Gasteiger partial charge in [0.05, 0.1) is 6.10 Å². The van der Waals surface area contributed by atoms with Crippen LogP contribution in [0.15, 0.2) is 0 Å². The number of hydrogen-bond donors (Lipinski definition) is 0. The Morgan fingerprint density at radius 2 is 2.20 bits per heavy atom. The van der Waals surface area contributed by atoms with Crippen molar-refractivity contribution in [1.29, 1.82) is 0 Å². The molecule has 2 rings (SSSR count). The van der Waals surface area contributed by atoms with Gasteiger partial charge in [-0.15, -0.1) is 0 Å². The molecule has 2 atom stereocenters. The van der Waals surface area contributed by atoms with Gasteiger partial charge in [-0.2, -0.15) is 0 Å². The Bertz CT molecular complexity index is 153. The zero-order valence-electron chi connectivity index (χ0n) is 6.01. The van der Waals surface area contributed by atoms with Crippen molar-refractivity contribution in [2.24, 2.45) is 0 Å². The summed E-state index contributed by atoms with van der Waals surface area (Å²) in [5.41, 5.74) is 0. The molecule has 56 valence electrons. The zero-order valence-corrected chi connectivity index (χ0v) is 6.01. The van der Waals surface area contributed by atoms with Gasteiger partial charge in [-0.05, 0) is 25.7 Å². The van der Waals surface area contributed by atoms with Gasteiger partial charge in [-0.3, -0.25) is 4.79 Å². The van der Waals surface area contributed by atoms with Crippen LogP contribution in [0.2, 0.25) is 0 Å². The summed E-state index contributed by atoms with van der Waals surface area (Å²) in [6, 6.07) is 0. The molecular weight excluding hydrogens is 128 g/mol. The van der Waals surface area contributed by atoms with Crippen LogP contribution in [-0.4, -0.2) is 18.0 Å². The quantitative estimate of drug-likeness (QED) is 0.506. The van der Waals surface area contributed by atoms with Gasteiger partial charge in [0.25, 0.3) is 0 Å². The molecule has 2 heterocycles. The number of Topliss-reactive ketones (excluding diaryl/α,β-unsaturated/α-hetero) is 1. The summed E-state index contributed by atoms with van der Waals surface area (Å²) in [6.45, 7) is 0. The Morgan fingerprint density at radius 1 is 1.30 bits per heavy atom. The molecule has 0 radical (unpaired) electrons. The third kappa shape index (κ3) is 0.966. The first-order valence-corrected chi connectivity index (χ1v) is 4.04. The van der Waals surface area contributed by atoms with Crippen molar-refractivity contribution < 1.29 is 9.53 Å². The van der Waals surface area contributed by atoms with Crippen molar-refractivity contribution in [3.8, 4) is 0 Å². The molecule has 0 unspecified atom stereocenters. The maximum absolute atomic E-state index is 11.1. The van der Waals surface area contributed by atoms with E-state index in [0.29, 0.717) is 11.9 Å². The molecule has 0 N–H and O–H groups in total. The molecule has 2 saturated heterocycles. The van der Waals surface area contributed by atoms with Crippen molar-refractivity contribution >= 4 is 5.78 Å². The molecule has 2 nitrogen and oxygen atoms in total. The lowest BCUT2D eigenvalue weighted by molar-refractivity contribution is -0.128. The van der Waals surface area contributed by atoms with E-state index < -0.39 is 0 Å². The minimum atomic E-state index is -0.0208. The fraction of sp³-hybridized carbons (Fsp3) is 0.875. The predicted octanol–water partition coefficient (Wildman–Crippen LogP) is 1.29. The Labute approximate surface area is 60.6 Å². The molecule has 2 bridgehead atoms. The molecule has 0 spiro atoms. The number of hydrogen-bond acceptors (Lipinski definition) is 2. The lowest BCUT2D eigenvalue weighted by Crippen LogP contribution is -2.17. The van der Waals surface area contributed by atoms with Crippen LogP contribution < -0.4 is 0 Å². The highest BCUT2D eigenvalue weighted by Crippen LogP contribution is 2.28. The van der Waals surface area contributed by atoms with E-state index >= 15 is 0 Å². The number of fused-ring (bicyclic) bond motifs is 2. The number of carbonyl (C=O) groups excluding carboxylic acids is 1. The molecular formula is C8H12O2. The van der Waals surface area contributed by atoms with Crippen molar-refractivity contribution in [3.05, 3.63) is 0 Å². The first-order chi connectivity index (χ1) is 4.86. The topological polar surface area (TPSA) is 26.3 Å². The first-order valence-electron chi connectivity index (χ1n) is 4.04. The van der Waals surface area contributed by atoms with Crippen molar-refractivity contribution in [2.75, 3.05) is 0 Å². The van der Waals surface area contributed by atoms with E-state index in [1.807, 2.05) is 0 Å². The largest absolute Gasteiger partial charge is 0.367 e. The fourth-order valence-corrected chi connectivity index (χ4v) is 1.82. The molecule has 2 aliphatic heterocycles. The van der Waals surface area contributed by atoms with E-state index in [2.05, 4.69) is 0 Å². The third-order valence-electron chi connectivity index (χ3n) is 2.42. The van der Waals surface area contributed by atoms with Crippen LogP contribution in [0.4, 0.5) is 0 Å². The molecule has 2 fully saturated rings. The van der Waals surface area contributed by atoms with Crippen LogP contribution in [0.25, 0.3) is 0 Å². The normalized spacial score (nSPS) is 39.8. The molecule has 0 saturated carbocycles. The van der Waals surface area contributed by atoms with Gasteiger partial charge in [-0.1, -0.05) is 0 Å². The minimum absolute atomic E-state index is 0.0208. The minimum Gasteiger partial charge on any atom is -0.367 e. The van der Waals surface area contributed by atoms with Crippen LogP contribution >= 0.6 is 0 Å². The van der Waals surface area contributed by atoms with Crippen LogP contribution in [0.5, 0.6) is 0 Å². The smallest absolute Gasteiger partial charge is 0.161 e. The zero-order chi connectivity index (χ0) is 6.97. The van der Waals surface area contributed by atoms with E-state index in [1.165, 1.54) is 0 Å². The van der Waals surface area contributed by atoms with E-state index in [0.717, 1.165) is 32.1 Å². The highest BCUT2D eigenvalue weighted by molar-refractivity contribution is 5.83. The van der Waals surface area contributed by atoms with Gasteiger partial charge in [0.15, 0.2) is 5.78 Å². The Morgan fingerprint density at radius 3 is 3.10 bits per heavy atom. The Kier molecular flexibility index (Phi) is 1.49. The third-order valence-corrected chi connectivity index (χ3v) is 2.42. The SMILES string of the molecule is O=C1CCC[C@H]2CC[C@H]1O2. The summed E-state index contributed by atoms with van der Waals surface area (Å²) in [5, 5.41) is 0. The highest BCUT2D eigenvalue weighted by atomic mass is 16.5. The first kappa shape index (κ1) is 6.35. The van der Waals surface area contributed by atoms with Crippen molar-refractivity contribution in [2.45, 2.75) is 44.3 Å². The number of ether oxygens (including phenoxy) is 1. The van der Waals surface area contributed by atoms with E-state index in [1.54, 1.807) is 0 Å². The average molecular weight is 140 g/mol. The maximum Gasteiger partial charge on any atom is 0.161 e. The Hall–Kier alpha value is -0.370. The van der Waals surface area contributed by atoms with Crippen LogP contribution in [0.1, 0.15) is 32.1 Å². The van der Waals surface area contributed by atoms with Crippen LogP contribution in [0.3, 0.4) is 0 Å². The summed E-state index contributed by atoms with van der Waals surface area (Å²) in [7, 11) is 0. The van der Waals surface area contributed by atoms with Gasteiger partial charge in [0, 0.05) is 6.42 Å². The van der Waals surface area contributed by atoms with E-state index in [-0.39, 0.29) is 6.10 Å². The molecule has 0 aromatic carbocycles. The van der Waals surface area contributed by atoms with E-state index in [4.69, 9.17) is 4.74 Å². The fourth-order valence-electron chi connectivity index (χ4n) is 1.82. The lowest BCUT2D eigenvalue weighted by atomic mass is 10.0. The van der Waals surface area contributed by atoms with Gasteiger partial charge in [0.2, 0.25) is 0 Å². The summed E-state index contributed by atoms with van der Waals surface area (Å²) in [6.07, 6.45) is 5.37. The monoisotopic (exact) mass is 140 g/mol. The molecule has 0 aromatic rings. The van der Waals surface area contributed by atoms with Crippen LogP contribution in [0, 0.1) is 0 Å². The van der Waals surface area contributed by atoms with Gasteiger partial charge in [0.1, 0.15) is 6.10 Å². The lowest BCUT2D eigenvalue weighted by Gasteiger charge is -2.04. The second-order valence-electron chi connectivity index (χ2n) is 3.18. The maximum atomic E-state index is 11.1. The van der Waals surface area contributed by atoms with Crippen molar-refractivity contribution in [3.63, 3.8) is 0 Å². The number of rotatable bonds is 0. The standard InChI is InChI=1S/C8H12O2/c9-7-3-1-2-6-4-5-8(7)10-6/h6,8H,1-5H2/t6-,8+/m0/s1. The van der Waals surface area contributed by atoms with Gasteiger partial charge in [-0.25, -0.2) is 0 Å². The van der Waals surface area contributed by atoms with Crippen molar-refractivity contribution in [1.82, 2.24) is 0 Å². The molecule has 0 aromatic heterocycles. The average Bonchev–Trinajstić information content (AvgIpc) is 2.27. The summed E-state index contributed by atoms with van der Waals surface area (Å²) in [4.78, 5) is 11.1. The van der Waals surface area contributed by atoms with Crippen LogP contribution in [-0.2, 0) is 9.53 Å². The predicted molar refractivity (Wildman–Crippen MR) is 36.8 cm³/mol. The number of ketones is 1. The molecule has 10 heavy (non-hydrogen) atoms. The molecule has 2 aliphatic rings. The van der Waals surface area contributed by atoms with E-state index in [9.17, 15) is 4.79 Å². The summed E-state index contributed by atoms with van der Waals surface area (Å²) < 4.78 is 5.48. The second kappa shape index (κ2) is 2.35. The number of carbonyl (C=O) groups is 1. The highest BCUT2D eigenvalue weighted by Gasteiger charge is 2.32. The summed E-state index contributed by atoms with van der Waals surface area (Å²) in [5.74, 6) is 0.333. The Balaban J connectivity index is 2.10.